The highest BCUT2D eigenvalue weighted by atomic mass is 32.2. The van der Waals surface area contributed by atoms with Crippen LogP contribution >= 0.6 is 11.8 Å². The summed E-state index contributed by atoms with van der Waals surface area (Å²) in [5, 5.41) is 6.97. The van der Waals surface area contributed by atoms with Crippen LogP contribution in [-0.2, 0) is 14.4 Å². The Hall–Kier alpha value is -4.18. The van der Waals surface area contributed by atoms with Gasteiger partial charge >= 0.3 is 0 Å². The van der Waals surface area contributed by atoms with Crippen molar-refractivity contribution in [2.24, 2.45) is 0 Å². The molecule has 3 aliphatic rings. The molecular weight excluding hydrogens is 549 g/mol. The summed E-state index contributed by atoms with van der Waals surface area (Å²) in [4.78, 5) is 52.3. The molecule has 2 aliphatic heterocycles. The molecule has 0 atom stereocenters. The molecule has 0 unspecified atom stereocenters. The molecule has 2 aromatic rings. The molecule has 1 aliphatic carbocycles. The van der Waals surface area contributed by atoms with E-state index in [1.807, 2.05) is 13.2 Å². The molecule has 0 radical (unpaired) electrons. The summed E-state index contributed by atoms with van der Waals surface area (Å²) in [6, 6.07) is 2.68. The monoisotopic (exact) mass is 581 g/mol. The fraction of sp³-hybridized carbons (Fsp3) is 0.429. The lowest BCUT2D eigenvalue weighted by atomic mass is 9.93. The second kappa shape index (κ2) is 13.0. The molecule has 0 fully saturated rings. The maximum atomic E-state index is 14.7. The molecule has 1 aromatic carbocycles. The van der Waals surface area contributed by atoms with Crippen LogP contribution in [0.1, 0.15) is 46.5 Å². The number of ether oxygens (including phenoxy) is 1. The third kappa shape index (κ3) is 6.43. The third-order valence-corrected chi connectivity index (χ3v) is 6.95. The molecule has 13 heteroatoms. The SMILES string of the molecule is C#CCN1C(=O)COc2cc(F)c(N3C(=O)C4=C(CCCC4)C3=O)cc21.CCNc1nc(NC(C)C)nc(SC)n1. The Kier molecular flexibility index (Phi) is 9.44. The normalized spacial score (nSPS) is 16.1. The predicted octanol–water partition coefficient (Wildman–Crippen LogP) is 3.77. The van der Waals surface area contributed by atoms with Crippen LogP contribution in [0.5, 0.6) is 5.75 Å². The van der Waals surface area contributed by atoms with Gasteiger partial charge in [-0.15, -0.1) is 6.42 Å². The third-order valence-electron chi connectivity index (χ3n) is 6.40. The van der Waals surface area contributed by atoms with Crippen molar-refractivity contribution in [3.8, 4) is 18.1 Å². The number of nitrogens with zero attached hydrogens (tertiary/aromatic N) is 5. The van der Waals surface area contributed by atoms with Crippen LogP contribution in [0.2, 0.25) is 0 Å². The lowest BCUT2D eigenvalue weighted by molar-refractivity contribution is -0.121. The number of rotatable bonds is 7. The van der Waals surface area contributed by atoms with E-state index in [1.54, 1.807) is 0 Å². The highest BCUT2D eigenvalue weighted by Gasteiger charge is 2.41. The first-order valence-electron chi connectivity index (χ1n) is 13.3. The largest absolute Gasteiger partial charge is 0.481 e. The molecule has 3 heterocycles. The van der Waals surface area contributed by atoms with Gasteiger partial charge in [0.15, 0.2) is 17.6 Å². The van der Waals surface area contributed by atoms with Gasteiger partial charge in [0.05, 0.1) is 17.9 Å². The molecule has 3 amide bonds. The summed E-state index contributed by atoms with van der Waals surface area (Å²) in [5.41, 5.74) is 0.992. The van der Waals surface area contributed by atoms with E-state index in [4.69, 9.17) is 11.2 Å². The Balaban J connectivity index is 0.000000221. The summed E-state index contributed by atoms with van der Waals surface area (Å²) in [6.45, 7) is 6.66. The van der Waals surface area contributed by atoms with Crippen LogP contribution in [0.25, 0.3) is 0 Å². The summed E-state index contributed by atoms with van der Waals surface area (Å²) in [6.07, 6.45) is 9.96. The molecule has 0 saturated carbocycles. The molecule has 216 valence electrons. The minimum absolute atomic E-state index is 0.0170. The van der Waals surface area contributed by atoms with Gasteiger partial charge in [0.1, 0.15) is 5.75 Å². The first-order valence-corrected chi connectivity index (χ1v) is 14.5. The first-order chi connectivity index (χ1) is 19.7. The van der Waals surface area contributed by atoms with E-state index in [0.717, 1.165) is 35.5 Å². The van der Waals surface area contributed by atoms with E-state index >= 15 is 0 Å². The molecule has 11 nitrogen and oxygen atoms in total. The number of fused-ring (bicyclic) bond motifs is 1. The van der Waals surface area contributed by atoms with Crippen molar-refractivity contribution in [3.63, 3.8) is 0 Å². The average molecular weight is 582 g/mol. The average Bonchev–Trinajstić information content (AvgIpc) is 3.20. The Bertz CT molecular complexity index is 1410. The summed E-state index contributed by atoms with van der Waals surface area (Å²) in [7, 11) is 0. The number of aromatic nitrogens is 3. The fourth-order valence-electron chi connectivity index (χ4n) is 4.61. The van der Waals surface area contributed by atoms with Gasteiger partial charge in [-0.05, 0) is 58.8 Å². The Morgan fingerprint density at radius 2 is 1.73 bits per heavy atom. The van der Waals surface area contributed by atoms with Gasteiger partial charge in [0.2, 0.25) is 11.9 Å². The van der Waals surface area contributed by atoms with Gasteiger partial charge in [-0.1, -0.05) is 17.7 Å². The minimum Gasteiger partial charge on any atom is -0.481 e. The van der Waals surface area contributed by atoms with Crippen LogP contribution < -0.4 is 25.2 Å². The van der Waals surface area contributed by atoms with E-state index in [2.05, 4.69) is 45.4 Å². The molecule has 1 aromatic heterocycles. The van der Waals surface area contributed by atoms with Gasteiger partial charge in [0.25, 0.3) is 17.7 Å². The van der Waals surface area contributed by atoms with Crippen LogP contribution in [0.3, 0.4) is 0 Å². The van der Waals surface area contributed by atoms with Crippen molar-refractivity contribution in [3.05, 3.63) is 29.1 Å². The smallest absolute Gasteiger partial charge is 0.265 e. The highest BCUT2D eigenvalue weighted by molar-refractivity contribution is 7.98. The number of carbonyl (C=O) groups excluding carboxylic acids is 3. The van der Waals surface area contributed by atoms with Gasteiger partial charge < -0.3 is 15.4 Å². The number of imide groups is 1. The van der Waals surface area contributed by atoms with E-state index in [-0.39, 0.29) is 36.2 Å². The molecule has 0 bridgehead atoms. The highest BCUT2D eigenvalue weighted by Crippen LogP contribution is 2.41. The number of anilines is 4. The second-order valence-electron chi connectivity index (χ2n) is 9.65. The number of terminal acetylenes is 1. The minimum atomic E-state index is -0.764. The predicted molar refractivity (Wildman–Crippen MR) is 156 cm³/mol. The Morgan fingerprint density at radius 3 is 2.32 bits per heavy atom. The molecular formula is C28H32FN7O4S. The summed E-state index contributed by atoms with van der Waals surface area (Å²) in [5.74, 6) is 1.66. The quantitative estimate of drug-likeness (QED) is 0.283. The number of hydrogen-bond donors (Lipinski definition) is 2. The first kappa shape index (κ1) is 29.8. The lowest BCUT2D eigenvalue weighted by Crippen LogP contribution is -2.39. The Morgan fingerprint density at radius 1 is 1.07 bits per heavy atom. The van der Waals surface area contributed by atoms with Crippen molar-refractivity contribution in [1.29, 1.82) is 0 Å². The van der Waals surface area contributed by atoms with Crippen molar-refractivity contribution in [1.82, 2.24) is 15.0 Å². The molecule has 2 N–H and O–H groups in total. The van der Waals surface area contributed by atoms with Crippen molar-refractivity contribution >= 4 is 52.8 Å². The number of nitrogens with one attached hydrogen (secondary N) is 2. The maximum Gasteiger partial charge on any atom is 0.265 e. The zero-order valence-corrected chi connectivity index (χ0v) is 24.2. The molecule has 41 heavy (non-hydrogen) atoms. The topological polar surface area (TPSA) is 130 Å². The van der Waals surface area contributed by atoms with E-state index in [9.17, 15) is 18.8 Å². The number of benzene rings is 1. The standard InChI is InChI=1S/C19H15FN2O4.C9H17N5S/c1-2-7-21-15-9-14(13(20)8-16(15)26-10-17(21)23)22-18(24)11-5-3-4-6-12(11)19(22)25;1-5-10-7-12-8(11-6(2)3)14-9(13-7)15-4/h1,8-9H,3-7,10H2;6H,5H2,1-4H3,(H2,10,11,12,13,14). The van der Waals surface area contributed by atoms with Crippen molar-refractivity contribution < 1.29 is 23.5 Å². The fourth-order valence-corrected chi connectivity index (χ4v) is 4.97. The number of thioether (sulfide) groups is 1. The second-order valence-corrected chi connectivity index (χ2v) is 10.4. The number of amides is 3. The molecule has 5 rings (SSSR count). The molecule has 0 saturated heterocycles. The van der Waals surface area contributed by atoms with Gasteiger partial charge in [0, 0.05) is 29.8 Å². The van der Waals surface area contributed by atoms with E-state index in [1.165, 1.54) is 22.7 Å². The summed E-state index contributed by atoms with van der Waals surface area (Å²) >= 11 is 1.51. The number of halogens is 1. The number of hydrogen-bond acceptors (Lipinski definition) is 10. The lowest BCUT2D eigenvalue weighted by Gasteiger charge is -2.29. The van der Waals surface area contributed by atoms with Crippen LogP contribution in [0.15, 0.2) is 28.4 Å². The zero-order valence-electron chi connectivity index (χ0n) is 23.4. The van der Waals surface area contributed by atoms with Crippen molar-refractivity contribution in [2.75, 3.05) is 46.4 Å². The van der Waals surface area contributed by atoms with Gasteiger partial charge in [-0.3, -0.25) is 19.3 Å². The van der Waals surface area contributed by atoms with Crippen LogP contribution in [0, 0.1) is 18.2 Å². The van der Waals surface area contributed by atoms with Gasteiger partial charge in [-0.2, -0.15) is 15.0 Å². The van der Waals surface area contributed by atoms with Crippen molar-refractivity contribution in [2.45, 2.75) is 57.7 Å². The van der Waals surface area contributed by atoms with Crippen LogP contribution in [-0.4, -0.2) is 64.7 Å². The van der Waals surface area contributed by atoms with Crippen LogP contribution in [0.4, 0.5) is 27.7 Å². The summed E-state index contributed by atoms with van der Waals surface area (Å²) < 4.78 is 19.9. The van der Waals surface area contributed by atoms with E-state index < -0.39 is 17.6 Å². The van der Waals surface area contributed by atoms with E-state index in [0.29, 0.717) is 41.9 Å². The molecule has 0 spiro atoms. The maximum absolute atomic E-state index is 14.7. The zero-order chi connectivity index (χ0) is 29.7. The Labute approximate surface area is 242 Å². The van der Waals surface area contributed by atoms with Gasteiger partial charge in [-0.25, -0.2) is 9.29 Å². The number of carbonyl (C=O) groups is 3.